The molecule has 4 heteroatoms. The molecule has 6 aromatic rings. The number of fused-ring (bicyclic) bond motifs is 4. The van der Waals surface area contributed by atoms with Gasteiger partial charge in [0.25, 0.3) is 11.4 Å². The van der Waals surface area contributed by atoms with E-state index in [1.54, 1.807) is 0 Å². The first kappa shape index (κ1) is 20.5. The van der Waals surface area contributed by atoms with E-state index < -0.39 is 0 Å². The van der Waals surface area contributed by atoms with Crippen LogP contribution in [0.4, 0.5) is 17.1 Å². The highest BCUT2D eigenvalue weighted by atomic mass is 16.5. The normalized spacial score (nSPS) is 12.5. The minimum atomic E-state index is 0.785. The van der Waals surface area contributed by atoms with E-state index in [9.17, 15) is 0 Å². The summed E-state index contributed by atoms with van der Waals surface area (Å²) in [6.07, 6.45) is 0. The van der Waals surface area contributed by atoms with Crippen molar-refractivity contribution in [3.8, 4) is 17.2 Å². The summed E-state index contributed by atoms with van der Waals surface area (Å²) < 4.78 is 12.8. The molecule has 0 atom stereocenters. The maximum Gasteiger partial charge on any atom is 0.496 e. The van der Waals surface area contributed by atoms with Gasteiger partial charge in [-0.1, -0.05) is 59.2 Å². The van der Waals surface area contributed by atoms with Gasteiger partial charge in [-0.05, 0) is 47.0 Å². The minimum absolute atomic E-state index is 0.785. The summed E-state index contributed by atoms with van der Waals surface area (Å²) in [6, 6.07) is 45.2. The summed E-state index contributed by atoms with van der Waals surface area (Å²) in [4.78, 5) is 0. The third-order valence-corrected chi connectivity index (χ3v) is 6.70. The maximum absolute atomic E-state index is 6.39. The van der Waals surface area contributed by atoms with Gasteiger partial charge in [0, 0.05) is 34.7 Å². The van der Waals surface area contributed by atoms with E-state index in [4.69, 9.17) is 4.74 Å². The van der Waals surface area contributed by atoms with Crippen LogP contribution in [0.2, 0.25) is 0 Å². The number of nitrogens with zero attached hydrogens (tertiary/aromatic N) is 3. The van der Waals surface area contributed by atoms with Crippen molar-refractivity contribution in [1.29, 1.82) is 0 Å². The Kier molecular flexibility index (Phi) is 4.60. The monoisotopic (exact) mass is 465 g/mol. The number of rotatable bonds is 4. The molecule has 0 amide bonds. The van der Waals surface area contributed by atoms with Gasteiger partial charge < -0.3 is 9.30 Å². The van der Waals surface area contributed by atoms with Crippen LogP contribution in [-0.4, -0.2) is 22.2 Å². The molecule has 5 aromatic carbocycles. The lowest BCUT2D eigenvalue weighted by Gasteiger charge is -2.09. The minimum Gasteiger partial charge on any atom is -0.457 e. The Labute approximate surface area is 208 Å². The Morgan fingerprint density at radius 2 is 1.33 bits per heavy atom. The van der Waals surface area contributed by atoms with Crippen LogP contribution in [0.25, 0.3) is 27.5 Å². The number of hydrogen-bond acceptors (Lipinski definition) is 1. The summed E-state index contributed by atoms with van der Waals surface area (Å²) in [5.74, 6) is 1.59. The fraction of sp³-hybridized carbons (Fsp3) is 0.0312. The van der Waals surface area contributed by atoms with Gasteiger partial charge in [0.15, 0.2) is 7.05 Å². The smallest absolute Gasteiger partial charge is 0.457 e. The second-order valence-electron chi connectivity index (χ2n) is 8.95. The summed E-state index contributed by atoms with van der Waals surface area (Å²) in [5, 5.41) is 2.37. The molecule has 0 aliphatic carbocycles. The largest absolute Gasteiger partial charge is 0.496 e. The zero-order chi connectivity index (χ0) is 24.1. The zero-order valence-electron chi connectivity index (χ0n) is 19.8. The molecule has 2 heterocycles. The van der Waals surface area contributed by atoms with Crippen LogP contribution in [-0.2, 0) is 0 Å². The Morgan fingerprint density at radius 1 is 0.611 bits per heavy atom. The highest BCUT2D eigenvalue weighted by molar-refractivity contribution is 6.09. The number of ether oxygens (including phenoxy) is 1. The van der Waals surface area contributed by atoms with Gasteiger partial charge in [-0.25, -0.2) is 0 Å². The molecule has 0 saturated heterocycles. The standard InChI is InChI=1S/C32H23N3O/c1-33-22-34(32-17-8-7-16-31(32)33)24-12-9-13-25(20-24)36-26-18-19-30-28(21-26)27-14-5-6-15-29(27)35(30)23-10-3-2-4-11-23/h2-21H,1H3/q+2. The SMILES string of the molecule is C[N+]1=C=[N+](c2cccc(Oc3ccc4c(c3)c3ccccc3n4-c3ccccc3)c2)c2ccccc21. The van der Waals surface area contributed by atoms with Crippen LogP contribution < -0.4 is 9.31 Å². The molecule has 4 nitrogen and oxygen atoms in total. The average Bonchev–Trinajstić information content (AvgIpc) is 3.44. The molecule has 0 unspecified atom stereocenters. The van der Waals surface area contributed by atoms with E-state index >= 15 is 0 Å². The molecule has 0 fully saturated rings. The predicted molar refractivity (Wildman–Crippen MR) is 146 cm³/mol. The van der Waals surface area contributed by atoms with Crippen LogP contribution in [0.3, 0.4) is 0 Å². The van der Waals surface area contributed by atoms with Gasteiger partial charge in [-0.2, -0.15) is 0 Å². The molecule has 7 rings (SSSR count). The predicted octanol–water partition coefficient (Wildman–Crippen LogP) is 7.87. The molecule has 1 aliphatic rings. The van der Waals surface area contributed by atoms with Crippen molar-refractivity contribution in [2.24, 2.45) is 0 Å². The summed E-state index contributed by atoms with van der Waals surface area (Å²) in [6.45, 7) is 0. The maximum atomic E-state index is 6.39. The molecular formula is C32H23N3O+2. The number of para-hydroxylation sites is 4. The third kappa shape index (κ3) is 3.24. The van der Waals surface area contributed by atoms with Crippen LogP contribution in [0.5, 0.6) is 11.5 Å². The number of hydrogen-bond donors (Lipinski definition) is 0. The van der Waals surface area contributed by atoms with E-state index in [1.165, 1.54) is 16.3 Å². The Hall–Kier alpha value is -4.92. The van der Waals surface area contributed by atoms with Crippen LogP contribution in [0.1, 0.15) is 0 Å². The Morgan fingerprint density at radius 3 is 2.22 bits per heavy atom. The Balaban J connectivity index is 1.30. The lowest BCUT2D eigenvalue weighted by molar-refractivity contribution is -0.394. The fourth-order valence-corrected chi connectivity index (χ4v) is 5.08. The first-order valence-electron chi connectivity index (χ1n) is 12.0. The summed E-state index contributed by atoms with van der Waals surface area (Å²) >= 11 is 0. The van der Waals surface area contributed by atoms with Gasteiger partial charge in [0.1, 0.15) is 11.5 Å². The topological polar surface area (TPSA) is 20.2 Å². The molecule has 0 bridgehead atoms. The van der Waals surface area contributed by atoms with E-state index in [-0.39, 0.29) is 0 Å². The fourth-order valence-electron chi connectivity index (χ4n) is 5.08. The second kappa shape index (κ2) is 8.09. The molecule has 170 valence electrons. The molecule has 1 aliphatic heterocycles. The molecular weight excluding hydrogens is 442 g/mol. The van der Waals surface area contributed by atoms with Crippen LogP contribution in [0, 0.1) is 0 Å². The van der Waals surface area contributed by atoms with E-state index in [1.807, 2.05) is 48.0 Å². The van der Waals surface area contributed by atoms with Gasteiger partial charge in [-0.15, -0.1) is 0 Å². The van der Waals surface area contributed by atoms with E-state index in [2.05, 4.69) is 100 Å². The molecule has 0 radical (unpaired) electrons. The molecule has 0 N–H and O–H groups in total. The van der Waals surface area contributed by atoms with Crippen molar-refractivity contribution in [3.05, 3.63) is 121 Å². The first-order chi connectivity index (χ1) is 17.8. The van der Waals surface area contributed by atoms with Crippen molar-refractivity contribution < 1.29 is 9.31 Å². The number of benzene rings is 5. The quantitative estimate of drug-likeness (QED) is 0.243. The van der Waals surface area contributed by atoms with E-state index in [0.29, 0.717) is 0 Å². The van der Waals surface area contributed by atoms with Gasteiger partial charge in [-0.3, -0.25) is 0 Å². The highest BCUT2D eigenvalue weighted by Crippen LogP contribution is 2.37. The zero-order valence-corrected chi connectivity index (χ0v) is 19.8. The molecule has 36 heavy (non-hydrogen) atoms. The van der Waals surface area contributed by atoms with Crippen LogP contribution in [0.15, 0.2) is 121 Å². The van der Waals surface area contributed by atoms with Gasteiger partial charge >= 0.3 is 6.01 Å². The van der Waals surface area contributed by atoms with Gasteiger partial charge in [0.2, 0.25) is 5.69 Å². The summed E-state index contributed by atoms with van der Waals surface area (Å²) in [7, 11) is 2.01. The molecule has 0 spiro atoms. The average molecular weight is 466 g/mol. The second-order valence-corrected chi connectivity index (χ2v) is 8.95. The summed E-state index contributed by atoms with van der Waals surface area (Å²) in [5.41, 5.74) is 6.72. The lowest BCUT2D eigenvalue weighted by Crippen LogP contribution is -1.99. The number of aromatic nitrogens is 1. The van der Waals surface area contributed by atoms with Crippen molar-refractivity contribution in [2.75, 3.05) is 7.05 Å². The van der Waals surface area contributed by atoms with Crippen molar-refractivity contribution in [3.63, 3.8) is 0 Å². The lowest BCUT2D eigenvalue weighted by atomic mass is 10.1. The third-order valence-electron chi connectivity index (χ3n) is 6.70. The van der Waals surface area contributed by atoms with Crippen molar-refractivity contribution >= 4 is 44.9 Å². The Bertz CT molecular complexity index is 1860. The van der Waals surface area contributed by atoms with E-state index in [0.717, 1.165) is 39.8 Å². The first-order valence-corrected chi connectivity index (χ1v) is 12.0. The highest BCUT2D eigenvalue weighted by Gasteiger charge is 2.32. The van der Waals surface area contributed by atoms with Gasteiger partial charge in [0.05, 0.1) is 17.1 Å². The molecule has 0 saturated carbocycles. The van der Waals surface area contributed by atoms with Crippen molar-refractivity contribution in [1.82, 2.24) is 9.14 Å². The van der Waals surface area contributed by atoms with Crippen LogP contribution >= 0.6 is 0 Å². The van der Waals surface area contributed by atoms with Crippen molar-refractivity contribution in [2.45, 2.75) is 0 Å². The molecule has 1 aromatic heterocycles.